The van der Waals surface area contributed by atoms with Gasteiger partial charge in [0.1, 0.15) is 0 Å². The molecule has 0 aliphatic heterocycles. The Morgan fingerprint density at radius 2 is 1.00 bits per heavy atom. The molecule has 3 rings (SSSR count). The minimum absolute atomic E-state index is 0.767. The first kappa shape index (κ1) is 29.7. The number of fused-ring (bicyclic) bond motifs is 3. The molecule has 1 aromatic heterocycles. The van der Waals surface area contributed by atoms with Crippen molar-refractivity contribution in [1.29, 1.82) is 0 Å². The first-order chi connectivity index (χ1) is 17.9. The Morgan fingerprint density at radius 3 is 1.35 bits per heavy atom. The molecule has 2 atom stereocenters. The van der Waals surface area contributed by atoms with Crippen LogP contribution in [0.5, 0.6) is 0 Å². The number of benzene rings is 2. The first-order valence-corrected chi connectivity index (χ1v) is 15.4. The Balaban J connectivity index is 1.70. The zero-order valence-corrected chi connectivity index (χ0v) is 25.2. The van der Waals surface area contributed by atoms with Gasteiger partial charge in [0, 0.05) is 28.4 Å². The van der Waals surface area contributed by atoms with Gasteiger partial charge in [-0.05, 0) is 132 Å². The van der Waals surface area contributed by atoms with Crippen LogP contribution in [0, 0.1) is 11.8 Å². The molecule has 37 heavy (non-hydrogen) atoms. The van der Waals surface area contributed by atoms with Crippen molar-refractivity contribution in [3.63, 3.8) is 0 Å². The van der Waals surface area contributed by atoms with Crippen LogP contribution in [0.25, 0.3) is 21.8 Å². The smallest absolute Gasteiger partial charge is 0.0491 e. The van der Waals surface area contributed by atoms with Gasteiger partial charge in [0.15, 0.2) is 0 Å². The van der Waals surface area contributed by atoms with E-state index in [1.807, 2.05) is 0 Å². The van der Waals surface area contributed by atoms with Gasteiger partial charge in [0.2, 0.25) is 0 Å². The summed E-state index contributed by atoms with van der Waals surface area (Å²) < 4.78 is 2.50. The average molecular weight is 506 g/mol. The van der Waals surface area contributed by atoms with E-state index in [0.29, 0.717) is 0 Å². The van der Waals surface area contributed by atoms with Gasteiger partial charge in [-0.3, -0.25) is 0 Å². The summed E-state index contributed by atoms with van der Waals surface area (Å²) in [4.78, 5) is 5.09. The number of aryl methyl sites for hydroxylation is 3. The predicted molar refractivity (Wildman–Crippen MR) is 165 cm³/mol. The topological polar surface area (TPSA) is 11.4 Å². The van der Waals surface area contributed by atoms with Crippen molar-refractivity contribution in [2.75, 3.05) is 39.3 Å². The van der Waals surface area contributed by atoms with Crippen LogP contribution in [0.15, 0.2) is 36.4 Å². The van der Waals surface area contributed by atoms with Crippen LogP contribution < -0.4 is 0 Å². The molecular formula is C34H55N3. The van der Waals surface area contributed by atoms with Crippen LogP contribution in [0.4, 0.5) is 0 Å². The van der Waals surface area contributed by atoms with Crippen LogP contribution >= 0.6 is 0 Å². The molecule has 2 unspecified atom stereocenters. The summed E-state index contributed by atoms with van der Waals surface area (Å²) in [6, 6.07) is 14.5. The normalized spacial score (nSPS) is 13.9. The minimum atomic E-state index is 0.767. The summed E-state index contributed by atoms with van der Waals surface area (Å²) in [5, 5.41) is 2.89. The van der Waals surface area contributed by atoms with Crippen molar-refractivity contribution < 1.29 is 0 Å². The molecule has 0 bridgehead atoms. The quantitative estimate of drug-likeness (QED) is 0.182. The molecular weight excluding hydrogens is 450 g/mol. The lowest BCUT2D eigenvalue weighted by atomic mass is 9.96. The Labute approximate surface area is 228 Å². The third-order valence-electron chi connectivity index (χ3n) is 8.83. The number of hydrogen-bond donors (Lipinski definition) is 0. The van der Waals surface area contributed by atoms with Gasteiger partial charge in [0.05, 0.1) is 0 Å². The lowest BCUT2D eigenvalue weighted by Gasteiger charge is -2.20. The summed E-state index contributed by atoms with van der Waals surface area (Å²) in [6.45, 7) is 24.4. The summed E-state index contributed by atoms with van der Waals surface area (Å²) in [5.74, 6) is 1.53. The molecule has 1 heterocycles. The highest BCUT2D eigenvalue weighted by Gasteiger charge is 2.13. The maximum atomic E-state index is 2.55. The average Bonchev–Trinajstić information content (AvgIpc) is 3.24. The molecule has 0 aliphatic rings. The summed E-state index contributed by atoms with van der Waals surface area (Å²) >= 11 is 0. The SMILES string of the molecule is CCN(CC)CCC(C)CCc1ccc2c(c1)c1cc(CCC(C)CCN(CC)CC)ccc1n2CC. The third kappa shape index (κ3) is 8.07. The summed E-state index contributed by atoms with van der Waals surface area (Å²) in [7, 11) is 0. The van der Waals surface area contributed by atoms with E-state index in [9.17, 15) is 0 Å². The largest absolute Gasteiger partial charge is 0.341 e. The van der Waals surface area contributed by atoms with E-state index in [2.05, 4.69) is 99.2 Å². The third-order valence-corrected chi connectivity index (χ3v) is 8.83. The Hall–Kier alpha value is -1.84. The second kappa shape index (κ2) is 14.9. The van der Waals surface area contributed by atoms with Crippen molar-refractivity contribution in [3.05, 3.63) is 47.5 Å². The van der Waals surface area contributed by atoms with Gasteiger partial charge in [-0.25, -0.2) is 0 Å². The van der Waals surface area contributed by atoms with Crippen LogP contribution in [-0.4, -0.2) is 53.6 Å². The summed E-state index contributed by atoms with van der Waals surface area (Å²) in [5.41, 5.74) is 5.77. The van der Waals surface area contributed by atoms with Gasteiger partial charge in [-0.1, -0.05) is 53.7 Å². The fourth-order valence-corrected chi connectivity index (χ4v) is 5.85. The van der Waals surface area contributed by atoms with Crippen LogP contribution in [0.3, 0.4) is 0 Å². The maximum absolute atomic E-state index is 2.55. The molecule has 0 amide bonds. The van der Waals surface area contributed by atoms with Crippen LogP contribution in [-0.2, 0) is 19.4 Å². The monoisotopic (exact) mass is 505 g/mol. The lowest BCUT2D eigenvalue weighted by molar-refractivity contribution is 0.276. The maximum Gasteiger partial charge on any atom is 0.0491 e. The zero-order valence-electron chi connectivity index (χ0n) is 25.2. The number of rotatable bonds is 17. The van der Waals surface area contributed by atoms with E-state index < -0.39 is 0 Å². The van der Waals surface area contributed by atoms with Crippen molar-refractivity contribution in [2.45, 2.75) is 93.5 Å². The molecule has 3 nitrogen and oxygen atoms in total. The number of nitrogens with zero attached hydrogens (tertiary/aromatic N) is 3. The van der Waals surface area contributed by atoms with E-state index in [1.54, 1.807) is 0 Å². The Bertz CT molecular complexity index is 990. The van der Waals surface area contributed by atoms with Gasteiger partial charge >= 0.3 is 0 Å². The number of aromatic nitrogens is 1. The molecule has 0 radical (unpaired) electrons. The molecule has 0 saturated heterocycles. The Morgan fingerprint density at radius 1 is 0.595 bits per heavy atom. The van der Waals surface area contributed by atoms with Crippen molar-refractivity contribution in [1.82, 2.24) is 14.4 Å². The van der Waals surface area contributed by atoms with Crippen LogP contribution in [0.2, 0.25) is 0 Å². The minimum Gasteiger partial charge on any atom is -0.341 e. The lowest BCUT2D eigenvalue weighted by Crippen LogP contribution is -2.25. The number of hydrogen-bond acceptors (Lipinski definition) is 2. The fourth-order valence-electron chi connectivity index (χ4n) is 5.85. The molecule has 0 fully saturated rings. The molecule has 0 N–H and O–H groups in total. The fraction of sp³-hybridized carbons (Fsp3) is 0.647. The second-order valence-electron chi connectivity index (χ2n) is 11.4. The van der Waals surface area contributed by atoms with Crippen molar-refractivity contribution in [3.8, 4) is 0 Å². The molecule has 3 heteroatoms. The predicted octanol–water partition coefficient (Wildman–Crippen LogP) is 8.42. The van der Waals surface area contributed by atoms with Gasteiger partial charge in [-0.2, -0.15) is 0 Å². The molecule has 2 aromatic carbocycles. The Kier molecular flexibility index (Phi) is 12.0. The second-order valence-corrected chi connectivity index (χ2v) is 11.4. The highest BCUT2D eigenvalue weighted by atomic mass is 15.1. The van der Waals surface area contributed by atoms with E-state index in [1.165, 1.54) is 111 Å². The van der Waals surface area contributed by atoms with Gasteiger partial charge < -0.3 is 14.4 Å². The van der Waals surface area contributed by atoms with E-state index in [4.69, 9.17) is 0 Å². The van der Waals surface area contributed by atoms with Crippen LogP contribution in [0.1, 0.15) is 85.3 Å². The van der Waals surface area contributed by atoms with Crippen molar-refractivity contribution in [2.24, 2.45) is 11.8 Å². The zero-order chi connectivity index (χ0) is 26.8. The van der Waals surface area contributed by atoms with Gasteiger partial charge in [0.25, 0.3) is 0 Å². The van der Waals surface area contributed by atoms with E-state index in [-0.39, 0.29) is 0 Å². The highest BCUT2D eigenvalue weighted by molar-refractivity contribution is 6.08. The molecule has 3 aromatic rings. The molecule has 0 aliphatic carbocycles. The van der Waals surface area contributed by atoms with E-state index in [0.717, 1.165) is 18.4 Å². The summed E-state index contributed by atoms with van der Waals surface area (Å²) in [6.07, 6.45) is 7.51. The first-order valence-electron chi connectivity index (χ1n) is 15.4. The van der Waals surface area contributed by atoms with E-state index >= 15 is 0 Å². The molecule has 0 spiro atoms. The highest BCUT2D eigenvalue weighted by Crippen LogP contribution is 2.32. The van der Waals surface area contributed by atoms with Gasteiger partial charge in [-0.15, -0.1) is 0 Å². The van der Waals surface area contributed by atoms with Crippen molar-refractivity contribution >= 4 is 21.8 Å². The standard InChI is InChI=1S/C34H55N3/c1-8-35(9-2)23-21-27(6)13-15-29-17-19-33-31(25-29)32-26-30(18-20-34(32)37(33)12-5)16-14-28(7)22-24-36(10-3)11-4/h17-20,25-28H,8-16,21-24H2,1-7H3. The molecule has 0 saturated carbocycles. The molecule has 206 valence electrons.